The summed E-state index contributed by atoms with van der Waals surface area (Å²) < 4.78 is 0. The maximum Gasteiger partial charge on any atom is 0.249 e. The summed E-state index contributed by atoms with van der Waals surface area (Å²) in [5.74, 6) is -0.382. The number of carbonyl (C=O) groups excluding carboxylic acids is 2. The van der Waals surface area contributed by atoms with Gasteiger partial charge in [-0.15, -0.1) is 11.8 Å². The number of hydrogen-bond donors (Lipinski definition) is 1. The molecule has 20 heavy (non-hydrogen) atoms. The lowest BCUT2D eigenvalue weighted by molar-refractivity contribution is 0.0975. The predicted octanol–water partition coefficient (Wildman–Crippen LogP) is 3.07. The number of primary amides is 1. The predicted molar refractivity (Wildman–Crippen MR) is 81.2 cm³/mol. The summed E-state index contributed by atoms with van der Waals surface area (Å²) in [4.78, 5) is 24.5. The molecule has 0 unspecified atom stereocenters. The van der Waals surface area contributed by atoms with Crippen LogP contribution in [0.2, 0.25) is 0 Å². The molecule has 0 aliphatic carbocycles. The number of thioether (sulfide) groups is 1. The summed E-state index contributed by atoms with van der Waals surface area (Å²) in [6.07, 6.45) is 0. The zero-order valence-electron chi connectivity index (χ0n) is 11.1. The van der Waals surface area contributed by atoms with Gasteiger partial charge >= 0.3 is 0 Å². The molecule has 0 aliphatic rings. The van der Waals surface area contributed by atoms with Gasteiger partial charge in [-0.1, -0.05) is 35.9 Å². The van der Waals surface area contributed by atoms with Crippen LogP contribution in [0.4, 0.5) is 0 Å². The zero-order valence-corrected chi connectivity index (χ0v) is 11.9. The second kappa shape index (κ2) is 6.39. The monoisotopic (exact) mass is 285 g/mol. The fourth-order valence-electron chi connectivity index (χ4n) is 1.80. The SMILES string of the molecule is Cc1ccc(SCC(=O)c2ccccc2C(N)=O)cc1. The summed E-state index contributed by atoms with van der Waals surface area (Å²) >= 11 is 1.45. The number of carbonyl (C=O) groups is 2. The van der Waals surface area contributed by atoms with E-state index in [2.05, 4.69) is 0 Å². The number of Topliss-reactive ketones (excluding diaryl/α,β-unsaturated/α-hetero) is 1. The van der Waals surface area contributed by atoms with E-state index in [0.29, 0.717) is 5.56 Å². The molecular weight excluding hydrogens is 270 g/mol. The summed E-state index contributed by atoms with van der Waals surface area (Å²) in [6.45, 7) is 2.02. The average molecular weight is 285 g/mol. The van der Waals surface area contributed by atoms with Crippen LogP contribution >= 0.6 is 11.8 Å². The van der Waals surface area contributed by atoms with Crippen molar-refractivity contribution in [2.24, 2.45) is 5.73 Å². The van der Waals surface area contributed by atoms with Gasteiger partial charge in [-0.2, -0.15) is 0 Å². The van der Waals surface area contributed by atoms with Gasteiger partial charge in [-0.3, -0.25) is 9.59 Å². The third-order valence-electron chi connectivity index (χ3n) is 2.88. The highest BCUT2D eigenvalue weighted by Gasteiger charge is 2.14. The topological polar surface area (TPSA) is 60.2 Å². The lowest BCUT2D eigenvalue weighted by Gasteiger charge is -2.06. The third kappa shape index (κ3) is 3.48. The van der Waals surface area contributed by atoms with Crippen molar-refractivity contribution < 1.29 is 9.59 Å². The van der Waals surface area contributed by atoms with Crippen LogP contribution in [0, 0.1) is 6.92 Å². The van der Waals surface area contributed by atoms with Gasteiger partial charge in [-0.05, 0) is 25.1 Å². The van der Waals surface area contributed by atoms with Crippen molar-refractivity contribution in [3.63, 3.8) is 0 Å². The molecule has 0 aromatic heterocycles. The Kier molecular flexibility index (Phi) is 4.58. The molecule has 4 heteroatoms. The van der Waals surface area contributed by atoms with Crippen molar-refractivity contribution in [1.82, 2.24) is 0 Å². The minimum Gasteiger partial charge on any atom is -0.366 e. The van der Waals surface area contributed by atoms with E-state index in [-0.39, 0.29) is 17.1 Å². The van der Waals surface area contributed by atoms with Gasteiger partial charge < -0.3 is 5.73 Å². The first kappa shape index (κ1) is 14.3. The first-order chi connectivity index (χ1) is 9.58. The number of hydrogen-bond acceptors (Lipinski definition) is 3. The molecule has 0 radical (unpaired) electrons. The Bertz CT molecular complexity index is 635. The van der Waals surface area contributed by atoms with E-state index in [0.717, 1.165) is 4.90 Å². The molecule has 0 aliphatic heterocycles. The van der Waals surface area contributed by atoms with Gasteiger partial charge in [0, 0.05) is 16.0 Å². The molecule has 0 fully saturated rings. The van der Waals surface area contributed by atoms with Gasteiger partial charge in [0.15, 0.2) is 5.78 Å². The first-order valence-electron chi connectivity index (χ1n) is 6.19. The lowest BCUT2D eigenvalue weighted by atomic mass is 10.0. The highest BCUT2D eigenvalue weighted by atomic mass is 32.2. The van der Waals surface area contributed by atoms with Crippen LogP contribution in [0.1, 0.15) is 26.3 Å². The van der Waals surface area contributed by atoms with E-state index in [1.54, 1.807) is 24.3 Å². The standard InChI is InChI=1S/C16H15NO2S/c1-11-6-8-12(9-7-11)20-10-15(18)13-4-2-3-5-14(13)16(17)19/h2-9H,10H2,1H3,(H2,17,19). The van der Waals surface area contributed by atoms with Crippen LogP contribution in [0.15, 0.2) is 53.4 Å². The lowest BCUT2D eigenvalue weighted by Crippen LogP contribution is -2.17. The minimum atomic E-state index is -0.575. The molecular formula is C16H15NO2S. The number of ketones is 1. The Morgan fingerprint density at radius 2 is 1.60 bits per heavy atom. The maximum absolute atomic E-state index is 12.2. The van der Waals surface area contributed by atoms with Crippen molar-refractivity contribution >= 4 is 23.5 Å². The number of nitrogens with two attached hydrogens (primary N) is 1. The van der Waals surface area contributed by atoms with E-state index in [1.807, 2.05) is 31.2 Å². The smallest absolute Gasteiger partial charge is 0.249 e. The van der Waals surface area contributed by atoms with Crippen LogP contribution in [0.3, 0.4) is 0 Å². The van der Waals surface area contributed by atoms with Crippen LogP contribution in [-0.4, -0.2) is 17.4 Å². The second-order valence-electron chi connectivity index (χ2n) is 4.43. The normalized spacial score (nSPS) is 10.2. The fourth-order valence-corrected chi connectivity index (χ4v) is 2.58. The summed E-state index contributed by atoms with van der Waals surface area (Å²) in [6, 6.07) is 14.6. The van der Waals surface area contributed by atoms with Crippen LogP contribution in [-0.2, 0) is 0 Å². The van der Waals surface area contributed by atoms with E-state index in [4.69, 9.17) is 5.73 Å². The van der Waals surface area contributed by atoms with Crippen molar-refractivity contribution in [3.8, 4) is 0 Å². The van der Waals surface area contributed by atoms with Gasteiger partial charge in [0.1, 0.15) is 0 Å². The maximum atomic E-state index is 12.2. The van der Waals surface area contributed by atoms with Crippen molar-refractivity contribution in [2.45, 2.75) is 11.8 Å². The number of benzene rings is 2. The van der Waals surface area contributed by atoms with Crippen LogP contribution < -0.4 is 5.73 Å². The number of rotatable bonds is 5. The minimum absolute atomic E-state index is 0.0926. The van der Waals surface area contributed by atoms with Crippen LogP contribution in [0.25, 0.3) is 0 Å². The van der Waals surface area contributed by atoms with E-state index < -0.39 is 5.91 Å². The van der Waals surface area contributed by atoms with Crippen LogP contribution in [0.5, 0.6) is 0 Å². The Morgan fingerprint density at radius 1 is 1.00 bits per heavy atom. The summed E-state index contributed by atoms with van der Waals surface area (Å²) in [5.41, 5.74) is 7.13. The molecule has 2 aromatic rings. The molecule has 2 aromatic carbocycles. The molecule has 0 atom stereocenters. The molecule has 1 amide bonds. The molecule has 0 saturated heterocycles. The van der Waals surface area contributed by atoms with Gasteiger partial charge in [0.05, 0.1) is 5.75 Å². The molecule has 3 nitrogen and oxygen atoms in total. The number of aryl methyl sites for hydroxylation is 1. The van der Waals surface area contributed by atoms with E-state index in [1.165, 1.54) is 17.3 Å². The molecule has 0 saturated carbocycles. The van der Waals surface area contributed by atoms with Gasteiger partial charge in [-0.25, -0.2) is 0 Å². The zero-order chi connectivity index (χ0) is 14.5. The Morgan fingerprint density at radius 3 is 2.20 bits per heavy atom. The number of amides is 1. The highest BCUT2D eigenvalue weighted by molar-refractivity contribution is 8.00. The van der Waals surface area contributed by atoms with E-state index >= 15 is 0 Å². The van der Waals surface area contributed by atoms with Crippen molar-refractivity contribution in [1.29, 1.82) is 0 Å². The molecule has 2 N–H and O–H groups in total. The summed E-state index contributed by atoms with van der Waals surface area (Å²) in [7, 11) is 0. The molecule has 0 bridgehead atoms. The first-order valence-corrected chi connectivity index (χ1v) is 7.18. The third-order valence-corrected chi connectivity index (χ3v) is 3.90. The Balaban J connectivity index is 2.09. The molecule has 0 spiro atoms. The second-order valence-corrected chi connectivity index (χ2v) is 5.48. The highest BCUT2D eigenvalue weighted by Crippen LogP contribution is 2.20. The van der Waals surface area contributed by atoms with Crippen molar-refractivity contribution in [2.75, 3.05) is 5.75 Å². The quantitative estimate of drug-likeness (QED) is 0.678. The van der Waals surface area contributed by atoms with E-state index in [9.17, 15) is 9.59 Å². The Labute approximate surface area is 122 Å². The van der Waals surface area contributed by atoms with Gasteiger partial charge in [0.25, 0.3) is 0 Å². The summed E-state index contributed by atoms with van der Waals surface area (Å²) in [5, 5.41) is 0. The Hall–Kier alpha value is -2.07. The largest absolute Gasteiger partial charge is 0.366 e. The molecule has 102 valence electrons. The fraction of sp³-hybridized carbons (Fsp3) is 0.125. The van der Waals surface area contributed by atoms with Crippen molar-refractivity contribution in [3.05, 3.63) is 65.2 Å². The molecule has 2 rings (SSSR count). The molecule has 0 heterocycles. The average Bonchev–Trinajstić information content (AvgIpc) is 2.46. The van der Waals surface area contributed by atoms with Gasteiger partial charge in [0.2, 0.25) is 5.91 Å².